The van der Waals surface area contributed by atoms with Crippen molar-refractivity contribution in [3.05, 3.63) is 29.3 Å². The molecule has 0 aliphatic carbocycles. The number of halogens is 1. The summed E-state index contributed by atoms with van der Waals surface area (Å²) in [5.74, 6) is 0.512. The van der Waals surface area contributed by atoms with Gasteiger partial charge in [0, 0.05) is 23.2 Å². The van der Waals surface area contributed by atoms with E-state index < -0.39 is 0 Å². The molecule has 1 N–H and O–H groups in total. The molecule has 0 bridgehead atoms. The summed E-state index contributed by atoms with van der Waals surface area (Å²) < 4.78 is 12.2. The van der Waals surface area contributed by atoms with Gasteiger partial charge in [-0.15, -0.1) is 21.5 Å². The summed E-state index contributed by atoms with van der Waals surface area (Å²) in [6.07, 6.45) is 2.19. The average molecular weight is 410 g/mol. The predicted octanol–water partition coefficient (Wildman–Crippen LogP) is 3.99. The quantitative estimate of drug-likeness (QED) is 0.620. The maximum absolute atomic E-state index is 11.9. The number of rotatable bonds is 6. The number of nitrogens with zero attached hydrogens (tertiary/aromatic N) is 2. The second-order valence-electron chi connectivity index (χ2n) is 5.84. The molecule has 1 saturated heterocycles. The van der Waals surface area contributed by atoms with Gasteiger partial charge in [-0.2, -0.15) is 0 Å². The molecule has 6 nitrogen and oxygen atoms in total. The van der Waals surface area contributed by atoms with Gasteiger partial charge in [0.2, 0.25) is 5.91 Å². The fraction of sp³-hybridized carbons (Fsp3) is 0.353. The van der Waals surface area contributed by atoms with Crippen LogP contribution >= 0.6 is 34.7 Å². The lowest BCUT2D eigenvalue weighted by Gasteiger charge is -2.09. The first-order valence-corrected chi connectivity index (χ1v) is 10.4. The molecule has 1 aromatic carbocycles. The van der Waals surface area contributed by atoms with Crippen molar-refractivity contribution in [2.45, 2.75) is 24.2 Å². The van der Waals surface area contributed by atoms with Gasteiger partial charge in [-0.1, -0.05) is 41.6 Å². The largest absolute Gasteiger partial charge is 0.410 e. The van der Waals surface area contributed by atoms with Crippen LogP contribution in [0.15, 0.2) is 33.9 Å². The molecular formula is C17H16ClN3O3S2. The number of benzene rings is 1. The maximum atomic E-state index is 11.9. The Morgan fingerprint density at radius 2 is 2.27 bits per heavy atom. The highest BCUT2D eigenvalue weighted by Crippen LogP contribution is 2.41. The van der Waals surface area contributed by atoms with E-state index in [1.54, 1.807) is 0 Å². The van der Waals surface area contributed by atoms with Gasteiger partial charge in [0.25, 0.3) is 11.1 Å². The Hall–Kier alpha value is -1.61. The van der Waals surface area contributed by atoms with Gasteiger partial charge in [-0.25, -0.2) is 0 Å². The van der Waals surface area contributed by atoms with Gasteiger partial charge >= 0.3 is 0 Å². The summed E-state index contributed by atoms with van der Waals surface area (Å²) in [6, 6.07) is 7.86. The molecule has 9 heteroatoms. The van der Waals surface area contributed by atoms with Crippen LogP contribution in [0.5, 0.6) is 0 Å². The predicted molar refractivity (Wildman–Crippen MR) is 103 cm³/mol. The standard InChI is InChI=1S/C17H16ClN3O3S2/c18-14-11-5-1-2-6-12(11)26-15(14)16-20-21-17(24-16)25-9-13(22)19-8-10-4-3-7-23-10/h1-2,5-6,10H,3-4,7-9H2,(H,19,22)/t10-/m1/s1. The monoisotopic (exact) mass is 409 g/mol. The van der Waals surface area contributed by atoms with Crippen molar-refractivity contribution in [3.63, 3.8) is 0 Å². The van der Waals surface area contributed by atoms with Crippen LogP contribution in [0.2, 0.25) is 5.02 Å². The molecule has 3 aromatic rings. The third-order valence-electron chi connectivity index (χ3n) is 4.01. The van der Waals surface area contributed by atoms with E-state index in [2.05, 4.69) is 15.5 Å². The van der Waals surface area contributed by atoms with Gasteiger partial charge in [-0.3, -0.25) is 4.79 Å². The first-order valence-electron chi connectivity index (χ1n) is 8.22. The molecule has 0 spiro atoms. The summed E-state index contributed by atoms with van der Waals surface area (Å²) in [5.41, 5.74) is 0. The van der Waals surface area contributed by atoms with Crippen LogP contribution in [0.3, 0.4) is 0 Å². The van der Waals surface area contributed by atoms with Crippen LogP contribution in [0, 0.1) is 0 Å². The van der Waals surface area contributed by atoms with E-state index in [9.17, 15) is 4.79 Å². The number of carbonyl (C=O) groups excluding carboxylic acids is 1. The number of thioether (sulfide) groups is 1. The molecule has 0 radical (unpaired) electrons. The third kappa shape index (κ3) is 3.88. The number of fused-ring (bicyclic) bond motifs is 1. The van der Waals surface area contributed by atoms with E-state index in [-0.39, 0.29) is 17.8 Å². The Balaban J connectivity index is 1.36. The molecule has 26 heavy (non-hydrogen) atoms. The number of thiophene rings is 1. The Morgan fingerprint density at radius 1 is 1.38 bits per heavy atom. The smallest absolute Gasteiger partial charge is 0.277 e. The molecule has 1 atom stereocenters. The number of amides is 1. The summed E-state index contributed by atoms with van der Waals surface area (Å²) in [7, 11) is 0. The van der Waals surface area contributed by atoms with Crippen molar-refractivity contribution in [2.75, 3.05) is 18.9 Å². The summed E-state index contributed by atoms with van der Waals surface area (Å²) in [6.45, 7) is 1.33. The minimum atomic E-state index is -0.0786. The summed E-state index contributed by atoms with van der Waals surface area (Å²) in [5, 5.41) is 12.9. The first kappa shape index (κ1) is 17.8. The van der Waals surface area contributed by atoms with E-state index in [1.165, 1.54) is 23.1 Å². The maximum Gasteiger partial charge on any atom is 0.277 e. The number of aromatic nitrogens is 2. The number of nitrogens with one attached hydrogen (secondary N) is 1. The van der Waals surface area contributed by atoms with Gasteiger partial charge in [0.1, 0.15) is 4.88 Å². The van der Waals surface area contributed by atoms with Crippen LogP contribution in [0.25, 0.3) is 20.9 Å². The minimum absolute atomic E-state index is 0.0786. The Kier molecular flexibility index (Phi) is 5.44. The van der Waals surface area contributed by atoms with E-state index in [0.29, 0.717) is 22.7 Å². The van der Waals surface area contributed by atoms with E-state index in [1.807, 2.05) is 24.3 Å². The molecule has 0 saturated carbocycles. The second-order valence-corrected chi connectivity index (χ2v) is 8.20. The average Bonchev–Trinajstić information content (AvgIpc) is 3.39. The molecule has 1 amide bonds. The first-order chi connectivity index (χ1) is 12.7. The van der Waals surface area contributed by atoms with Gasteiger partial charge in [0.15, 0.2) is 0 Å². The fourth-order valence-corrected chi connectivity index (χ4v) is 4.75. The summed E-state index contributed by atoms with van der Waals surface area (Å²) >= 11 is 9.15. The molecule has 136 valence electrons. The van der Waals surface area contributed by atoms with Crippen molar-refractivity contribution in [1.82, 2.24) is 15.5 Å². The number of ether oxygens (including phenoxy) is 1. The highest BCUT2D eigenvalue weighted by Gasteiger charge is 2.19. The van der Waals surface area contributed by atoms with Crippen molar-refractivity contribution in [3.8, 4) is 10.8 Å². The third-order valence-corrected chi connectivity index (χ3v) is 6.50. The lowest BCUT2D eigenvalue weighted by atomic mass is 10.2. The van der Waals surface area contributed by atoms with Gasteiger partial charge < -0.3 is 14.5 Å². The zero-order valence-electron chi connectivity index (χ0n) is 13.7. The minimum Gasteiger partial charge on any atom is -0.410 e. The molecule has 2 aromatic heterocycles. The Labute approximate surface area is 163 Å². The van der Waals surface area contributed by atoms with Crippen LogP contribution in [-0.2, 0) is 9.53 Å². The van der Waals surface area contributed by atoms with Crippen molar-refractivity contribution in [2.24, 2.45) is 0 Å². The number of hydrogen-bond donors (Lipinski definition) is 1. The number of hydrogen-bond acceptors (Lipinski definition) is 7. The lowest BCUT2D eigenvalue weighted by Crippen LogP contribution is -2.32. The zero-order chi connectivity index (χ0) is 17.9. The van der Waals surface area contributed by atoms with Crippen LogP contribution in [0.1, 0.15) is 12.8 Å². The molecule has 1 fully saturated rings. The summed E-state index contributed by atoms with van der Waals surface area (Å²) in [4.78, 5) is 12.7. The molecule has 1 aliphatic heterocycles. The van der Waals surface area contributed by atoms with Crippen LogP contribution in [0.4, 0.5) is 0 Å². The zero-order valence-corrected chi connectivity index (χ0v) is 16.1. The number of carbonyl (C=O) groups is 1. The van der Waals surface area contributed by atoms with Crippen LogP contribution in [-0.4, -0.2) is 41.1 Å². The second kappa shape index (κ2) is 7.96. The highest BCUT2D eigenvalue weighted by atomic mass is 35.5. The lowest BCUT2D eigenvalue weighted by molar-refractivity contribution is -0.119. The molecule has 0 unspecified atom stereocenters. The topological polar surface area (TPSA) is 77.2 Å². The van der Waals surface area contributed by atoms with Crippen molar-refractivity contribution in [1.29, 1.82) is 0 Å². The molecule has 3 heterocycles. The highest BCUT2D eigenvalue weighted by molar-refractivity contribution is 7.99. The molecular weight excluding hydrogens is 394 g/mol. The van der Waals surface area contributed by atoms with Gasteiger partial charge in [-0.05, 0) is 18.9 Å². The van der Waals surface area contributed by atoms with E-state index >= 15 is 0 Å². The normalized spacial score (nSPS) is 17.0. The molecule has 4 rings (SSSR count). The van der Waals surface area contributed by atoms with Crippen LogP contribution < -0.4 is 5.32 Å². The Bertz CT molecular complexity index is 921. The van der Waals surface area contributed by atoms with E-state index in [0.717, 1.165) is 34.4 Å². The van der Waals surface area contributed by atoms with Crippen molar-refractivity contribution < 1.29 is 13.9 Å². The van der Waals surface area contributed by atoms with Crippen molar-refractivity contribution >= 4 is 50.7 Å². The fourth-order valence-electron chi connectivity index (χ4n) is 2.72. The SMILES string of the molecule is O=C(CSc1nnc(-c2sc3ccccc3c2Cl)o1)NC[C@H]1CCCO1. The Morgan fingerprint density at radius 3 is 3.08 bits per heavy atom. The van der Waals surface area contributed by atoms with E-state index in [4.69, 9.17) is 20.8 Å². The molecule has 1 aliphatic rings. The van der Waals surface area contributed by atoms with Gasteiger partial charge in [0.05, 0.1) is 16.9 Å².